The smallest absolute Gasteiger partial charge is 0.411 e. The maximum atomic E-state index is 13.6. The van der Waals surface area contributed by atoms with E-state index in [1.807, 2.05) is 6.92 Å². The molecule has 0 spiro atoms. The highest BCUT2D eigenvalue weighted by Crippen LogP contribution is 2.32. The summed E-state index contributed by atoms with van der Waals surface area (Å²) in [6.07, 6.45) is 0.690. The van der Waals surface area contributed by atoms with E-state index < -0.39 is 55.3 Å². The number of likely N-dealkylation sites (tertiary alicyclic amines) is 1. The largest absolute Gasteiger partial charge is 0.464 e. The van der Waals surface area contributed by atoms with Gasteiger partial charge in [0.1, 0.15) is 11.6 Å². The number of ether oxygens (including phenoxy) is 2. The van der Waals surface area contributed by atoms with E-state index in [1.54, 1.807) is 27.7 Å². The van der Waals surface area contributed by atoms with E-state index in [0.29, 0.717) is 6.42 Å². The van der Waals surface area contributed by atoms with Crippen LogP contribution in [0, 0.1) is 10.1 Å². The first-order valence-electron chi connectivity index (χ1n) is 11.9. The summed E-state index contributed by atoms with van der Waals surface area (Å²) in [6.45, 7) is 8.48. The van der Waals surface area contributed by atoms with E-state index in [9.17, 15) is 28.1 Å². The molecule has 0 aromatic heterocycles. The number of nitrogens with zero attached hydrogens (tertiary/aromatic N) is 3. The van der Waals surface area contributed by atoms with Crippen LogP contribution in [0.15, 0.2) is 29.2 Å². The molecule has 1 heterocycles. The molecule has 1 aromatic rings. The van der Waals surface area contributed by atoms with Gasteiger partial charge in [-0.2, -0.15) is 0 Å². The van der Waals surface area contributed by atoms with Crippen LogP contribution in [0.1, 0.15) is 60.3 Å². The number of esters is 1. The molecule has 1 aromatic carbocycles. The second-order valence-electron chi connectivity index (χ2n) is 9.30. The molecule has 0 radical (unpaired) electrons. The van der Waals surface area contributed by atoms with Crippen molar-refractivity contribution in [1.82, 2.24) is 9.37 Å². The molecule has 0 aliphatic carbocycles. The highest BCUT2D eigenvalue weighted by molar-refractivity contribution is 7.89. The second kappa shape index (κ2) is 12.5. The Bertz CT molecular complexity index is 1040. The van der Waals surface area contributed by atoms with Crippen molar-refractivity contribution in [3.05, 3.63) is 34.4 Å². The Balaban J connectivity index is 2.48. The van der Waals surface area contributed by atoms with E-state index in [0.717, 1.165) is 27.9 Å². The molecule has 0 unspecified atom stereocenters. The topological polar surface area (TPSA) is 146 Å². The number of carbonyl (C=O) groups excluding carboxylic acids is 2. The van der Waals surface area contributed by atoms with Crippen LogP contribution in [0.2, 0.25) is 0 Å². The molecule has 36 heavy (non-hydrogen) atoms. The number of piperidine rings is 1. The maximum Gasteiger partial charge on any atom is 0.411 e. The molecular weight excluding hydrogens is 494 g/mol. The van der Waals surface area contributed by atoms with Gasteiger partial charge in [-0.3, -0.25) is 19.9 Å². The van der Waals surface area contributed by atoms with Crippen LogP contribution in [-0.4, -0.2) is 72.2 Å². The summed E-state index contributed by atoms with van der Waals surface area (Å²) in [6, 6.07) is 3.09. The molecule has 0 saturated carbocycles. The molecule has 12 nitrogen and oxygen atoms in total. The highest BCUT2D eigenvalue weighted by Gasteiger charge is 2.45. The van der Waals surface area contributed by atoms with E-state index in [2.05, 4.69) is 0 Å². The summed E-state index contributed by atoms with van der Waals surface area (Å²) >= 11 is 0. The fraction of sp³-hybridized carbons (Fsp3) is 0.652. The standard InChI is InChI=1S/C23H35N3O9S/c1-6-8-15-34-26(36(31,32)20-12-10-9-11-18(20)25(29)30)17-13-14-19(21(27)33-7-2)24(16-17)22(28)35-23(3,4)5/h9-12,17,19H,6-8,13-16H2,1-5H3/t17-,19+/m1/s1. The van der Waals surface area contributed by atoms with Gasteiger partial charge in [-0.05, 0) is 53.0 Å². The predicted octanol–water partition coefficient (Wildman–Crippen LogP) is 3.65. The van der Waals surface area contributed by atoms with Gasteiger partial charge in [-0.1, -0.05) is 29.9 Å². The van der Waals surface area contributed by atoms with Crippen molar-refractivity contribution in [2.24, 2.45) is 0 Å². The van der Waals surface area contributed by atoms with Crippen LogP contribution in [0.5, 0.6) is 0 Å². The summed E-state index contributed by atoms with van der Waals surface area (Å²) in [5, 5.41) is 11.5. The Kier molecular flexibility index (Phi) is 10.2. The third-order valence-electron chi connectivity index (χ3n) is 5.33. The first-order valence-corrected chi connectivity index (χ1v) is 13.3. The van der Waals surface area contributed by atoms with Crippen LogP contribution in [-0.2, 0) is 29.1 Å². The third kappa shape index (κ3) is 7.37. The van der Waals surface area contributed by atoms with Crippen molar-refractivity contribution in [1.29, 1.82) is 0 Å². The third-order valence-corrected chi connectivity index (χ3v) is 7.11. The lowest BCUT2D eigenvalue weighted by Crippen LogP contribution is -2.58. The molecule has 1 amide bonds. The lowest BCUT2D eigenvalue weighted by atomic mass is 9.99. The molecule has 2 rings (SSSR count). The summed E-state index contributed by atoms with van der Waals surface area (Å²) < 4.78 is 38.6. The normalized spacial score (nSPS) is 18.7. The summed E-state index contributed by atoms with van der Waals surface area (Å²) in [5.74, 6) is -0.623. The van der Waals surface area contributed by atoms with Gasteiger partial charge in [0.15, 0.2) is 4.90 Å². The van der Waals surface area contributed by atoms with Crippen LogP contribution >= 0.6 is 0 Å². The van der Waals surface area contributed by atoms with Crippen molar-refractivity contribution in [3.8, 4) is 0 Å². The number of carbonyl (C=O) groups is 2. The number of sulfonamides is 1. The average Bonchev–Trinajstić information content (AvgIpc) is 2.80. The van der Waals surface area contributed by atoms with E-state index in [-0.39, 0.29) is 32.6 Å². The lowest BCUT2D eigenvalue weighted by Gasteiger charge is -2.41. The minimum absolute atomic E-state index is 0.0423. The van der Waals surface area contributed by atoms with Gasteiger partial charge in [0.2, 0.25) is 0 Å². The van der Waals surface area contributed by atoms with Crippen LogP contribution in [0.4, 0.5) is 10.5 Å². The van der Waals surface area contributed by atoms with Crippen LogP contribution in [0.25, 0.3) is 0 Å². The Morgan fingerprint density at radius 1 is 1.19 bits per heavy atom. The van der Waals surface area contributed by atoms with Crippen LogP contribution < -0.4 is 0 Å². The number of hydroxylamine groups is 1. The summed E-state index contributed by atoms with van der Waals surface area (Å²) in [5.41, 5.74) is -1.46. The van der Waals surface area contributed by atoms with Crippen LogP contribution in [0.3, 0.4) is 0 Å². The molecule has 2 atom stereocenters. The molecule has 1 aliphatic heterocycles. The Morgan fingerprint density at radius 3 is 2.44 bits per heavy atom. The zero-order chi connectivity index (χ0) is 27.1. The SMILES string of the molecule is CCCCON([C@@H]1CC[C@@H](C(=O)OCC)N(C(=O)OC(C)(C)C)C1)S(=O)(=O)c1ccccc1[N+](=O)[O-]. The molecular formula is C23H35N3O9S. The van der Waals surface area contributed by atoms with E-state index in [1.165, 1.54) is 12.1 Å². The number of amides is 1. The summed E-state index contributed by atoms with van der Waals surface area (Å²) in [4.78, 5) is 42.7. The summed E-state index contributed by atoms with van der Waals surface area (Å²) in [7, 11) is -4.51. The van der Waals surface area contributed by atoms with Gasteiger partial charge in [-0.25, -0.2) is 18.0 Å². The van der Waals surface area contributed by atoms with Crippen molar-refractivity contribution >= 4 is 27.8 Å². The fourth-order valence-electron chi connectivity index (χ4n) is 3.72. The van der Waals surface area contributed by atoms with Gasteiger partial charge in [0.05, 0.1) is 24.2 Å². The van der Waals surface area contributed by atoms with Gasteiger partial charge in [0.25, 0.3) is 15.7 Å². The molecule has 13 heteroatoms. The van der Waals surface area contributed by atoms with Crippen molar-refractivity contribution < 1.29 is 37.2 Å². The van der Waals surface area contributed by atoms with E-state index in [4.69, 9.17) is 14.3 Å². The van der Waals surface area contributed by atoms with Gasteiger partial charge in [-0.15, -0.1) is 0 Å². The first-order chi connectivity index (χ1) is 16.8. The Morgan fingerprint density at radius 2 is 1.86 bits per heavy atom. The zero-order valence-electron chi connectivity index (χ0n) is 21.3. The number of nitro groups is 1. The monoisotopic (exact) mass is 529 g/mol. The molecule has 1 fully saturated rings. The number of rotatable bonds is 10. The molecule has 1 saturated heterocycles. The predicted molar refractivity (Wildman–Crippen MR) is 129 cm³/mol. The maximum absolute atomic E-state index is 13.6. The second-order valence-corrected chi connectivity index (χ2v) is 11.1. The number of para-hydroxylation sites is 1. The number of benzene rings is 1. The molecule has 1 aliphatic rings. The number of nitro benzene ring substituents is 1. The molecule has 0 N–H and O–H groups in total. The number of hydrogen-bond donors (Lipinski definition) is 0. The minimum atomic E-state index is -4.51. The van der Waals surface area contributed by atoms with Gasteiger partial charge >= 0.3 is 12.1 Å². The van der Waals surface area contributed by atoms with Gasteiger partial charge in [0, 0.05) is 12.6 Å². The Hall–Kier alpha value is -2.77. The average molecular weight is 530 g/mol. The van der Waals surface area contributed by atoms with Crippen molar-refractivity contribution in [2.45, 2.75) is 82.9 Å². The lowest BCUT2D eigenvalue weighted by molar-refractivity contribution is -0.388. The molecule has 202 valence electrons. The Labute approximate surface area is 211 Å². The highest BCUT2D eigenvalue weighted by atomic mass is 32.2. The minimum Gasteiger partial charge on any atom is -0.464 e. The zero-order valence-corrected chi connectivity index (χ0v) is 22.2. The first kappa shape index (κ1) is 29.5. The molecule has 0 bridgehead atoms. The van der Waals surface area contributed by atoms with Gasteiger partial charge < -0.3 is 9.47 Å². The quantitative estimate of drug-likeness (QED) is 0.192. The van der Waals surface area contributed by atoms with E-state index >= 15 is 0 Å². The van der Waals surface area contributed by atoms with Crippen molar-refractivity contribution in [2.75, 3.05) is 19.8 Å². The number of unbranched alkanes of at least 4 members (excludes halogenated alkanes) is 1. The van der Waals surface area contributed by atoms with Crippen molar-refractivity contribution in [3.63, 3.8) is 0 Å². The number of hydrogen-bond acceptors (Lipinski definition) is 9. The fourth-order valence-corrected chi connectivity index (χ4v) is 5.35.